The Hall–Kier alpha value is -1.06. The molecule has 0 heterocycles. The van der Waals surface area contributed by atoms with Gasteiger partial charge in [0.1, 0.15) is 0 Å². The highest BCUT2D eigenvalue weighted by Gasteiger charge is 2.51. The standard InChI is InChI=1S/C14H19ClN2O/c15-12-5-3-4-11(10-12)14(6-7-14)13(18)17-9-2-1-8-16/h3-5,10H,1-2,6-9,16H2,(H,17,18). The Bertz CT molecular complexity index is 430. The van der Waals surface area contributed by atoms with Crippen molar-refractivity contribution in [2.24, 2.45) is 5.73 Å². The first-order valence-electron chi connectivity index (χ1n) is 6.43. The molecule has 2 rings (SSSR count). The van der Waals surface area contributed by atoms with Crippen molar-refractivity contribution < 1.29 is 4.79 Å². The highest BCUT2D eigenvalue weighted by Crippen LogP contribution is 2.48. The fraction of sp³-hybridized carbons (Fsp3) is 0.500. The third kappa shape index (κ3) is 2.85. The molecule has 0 radical (unpaired) electrons. The number of halogens is 1. The van der Waals surface area contributed by atoms with Gasteiger partial charge in [-0.05, 0) is 49.9 Å². The summed E-state index contributed by atoms with van der Waals surface area (Å²) < 4.78 is 0. The molecule has 3 nitrogen and oxygen atoms in total. The Morgan fingerprint density at radius 1 is 1.39 bits per heavy atom. The normalized spacial score (nSPS) is 16.3. The Morgan fingerprint density at radius 2 is 2.17 bits per heavy atom. The highest BCUT2D eigenvalue weighted by atomic mass is 35.5. The van der Waals surface area contributed by atoms with Crippen LogP contribution in [0.4, 0.5) is 0 Å². The van der Waals surface area contributed by atoms with E-state index in [0.717, 1.165) is 31.2 Å². The predicted octanol–water partition coefficient (Wildman–Crippen LogP) is 2.23. The van der Waals surface area contributed by atoms with E-state index in [4.69, 9.17) is 17.3 Å². The number of benzene rings is 1. The van der Waals surface area contributed by atoms with Crippen molar-refractivity contribution in [3.05, 3.63) is 34.9 Å². The number of carbonyl (C=O) groups excluding carboxylic acids is 1. The second-order valence-corrected chi connectivity index (χ2v) is 5.28. The molecule has 0 aliphatic heterocycles. The molecular formula is C14H19ClN2O. The van der Waals surface area contributed by atoms with Crippen molar-refractivity contribution in [3.63, 3.8) is 0 Å². The van der Waals surface area contributed by atoms with E-state index >= 15 is 0 Å². The van der Waals surface area contributed by atoms with E-state index in [1.807, 2.05) is 24.3 Å². The van der Waals surface area contributed by atoms with Crippen LogP contribution in [0.5, 0.6) is 0 Å². The van der Waals surface area contributed by atoms with Crippen LogP contribution in [0.1, 0.15) is 31.2 Å². The lowest BCUT2D eigenvalue weighted by molar-refractivity contribution is -0.123. The van der Waals surface area contributed by atoms with E-state index in [9.17, 15) is 4.79 Å². The van der Waals surface area contributed by atoms with Gasteiger partial charge < -0.3 is 11.1 Å². The van der Waals surface area contributed by atoms with Crippen LogP contribution in [0.2, 0.25) is 5.02 Å². The number of rotatable bonds is 6. The van der Waals surface area contributed by atoms with E-state index in [1.54, 1.807) is 0 Å². The predicted molar refractivity (Wildman–Crippen MR) is 73.7 cm³/mol. The Kier molecular flexibility index (Phi) is 4.25. The van der Waals surface area contributed by atoms with Crippen LogP contribution in [0.25, 0.3) is 0 Å². The number of nitrogens with two attached hydrogens (primary N) is 1. The van der Waals surface area contributed by atoms with Gasteiger partial charge in [0.2, 0.25) is 5.91 Å². The summed E-state index contributed by atoms with van der Waals surface area (Å²) in [6.07, 6.45) is 3.71. The number of hydrogen-bond donors (Lipinski definition) is 2. The smallest absolute Gasteiger partial charge is 0.230 e. The minimum absolute atomic E-state index is 0.127. The molecule has 0 aromatic heterocycles. The monoisotopic (exact) mass is 266 g/mol. The maximum absolute atomic E-state index is 12.2. The van der Waals surface area contributed by atoms with Gasteiger partial charge in [0.25, 0.3) is 0 Å². The molecule has 18 heavy (non-hydrogen) atoms. The SMILES string of the molecule is NCCCCNC(=O)C1(c2cccc(Cl)c2)CC1. The third-order valence-corrected chi connectivity index (χ3v) is 3.71. The Labute approximate surface area is 113 Å². The molecule has 3 N–H and O–H groups in total. The van der Waals surface area contributed by atoms with Gasteiger partial charge in [0.05, 0.1) is 5.41 Å². The second kappa shape index (κ2) is 5.72. The van der Waals surface area contributed by atoms with Gasteiger partial charge in [0, 0.05) is 11.6 Å². The molecule has 1 aromatic rings. The summed E-state index contributed by atoms with van der Waals surface area (Å²) in [5, 5.41) is 3.69. The number of unbranched alkanes of at least 4 members (excludes halogenated alkanes) is 1. The molecule has 1 aliphatic carbocycles. The van der Waals surface area contributed by atoms with Gasteiger partial charge in [-0.15, -0.1) is 0 Å². The zero-order valence-corrected chi connectivity index (χ0v) is 11.2. The molecule has 1 fully saturated rings. The summed E-state index contributed by atoms with van der Waals surface area (Å²) in [6, 6.07) is 7.62. The lowest BCUT2D eigenvalue weighted by Crippen LogP contribution is -2.35. The van der Waals surface area contributed by atoms with Crippen molar-refractivity contribution >= 4 is 17.5 Å². The summed E-state index contributed by atoms with van der Waals surface area (Å²) >= 11 is 5.98. The van der Waals surface area contributed by atoms with E-state index < -0.39 is 0 Å². The average molecular weight is 267 g/mol. The molecule has 0 atom stereocenters. The summed E-state index contributed by atoms with van der Waals surface area (Å²) in [5.41, 5.74) is 6.13. The van der Waals surface area contributed by atoms with Gasteiger partial charge >= 0.3 is 0 Å². The largest absolute Gasteiger partial charge is 0.355 e. The van der Waals surface area contributed by atoms with E-state index in [2.05, 4.69) is 5.32 Å². The zero-order chi connectivity index (χ0) is 13.0. The van der Waals surface area contributed by atoms with Gasteiger partial charge in [-0.25, -0.2) is 0 Å². The lowest BCUT2D eigenvalue weighted by atomic mass is 9.95. The van der Waals surface area contributed by atoms with Crippen molar-refractivity contribution in [3.8, 4) is 0 Å². The average Bonchev–Trinajstić information content (AvgIpc) is 3.16. The van der Waals surface area contributed by atoms with Crippen molar-refractivity contribution in [1.29, 1.82) is 0 Å². The maximum Gasteiger partial charge on any atom is 0.230 e. The molecule has 4 heteroatoms. The lowest BCUT2D eigenvalue weighted by Gasteiger charge is -2.16. The second-order valence-electron chi connectivity index (χ2n) is 4.84. The molecule has 0 bridgehead atoms. The number of carbonyl (C=O) groups is 1. The van der Waals surface area contributed by atoms with Crippen molar-refractivity contribution in [2.45, 2.75) is 31.1 Å². The number of nitrogens with one attached hydrogen (secondary N) is 1. The van der Waals surface area contributed by atoms with Crippen LogP contribution in [0.3, 0.4) is 0 Å². The minimum atomic E-state index is -0.326. The van der Waals surface area contributed by atoms with Crippen LogP contribution >= 0.6 is 11.6 Å². The van der Waals surface area contributed by atoms with Crippen LogP contribution in [0.15, 0.2) is 24.3 Å². The first kappa shape index (κ1) is 13.4. The minimum Gasteiger partial charge on any atom is -0.355 e. The third-order valence-electron chi connectivity index (χ3n) is 3.48. The van der Waals surface area contributed by atoms with Crippen LogP contribution < -0.4 is 11.1 Å². The summed E-state index contributed by atoms with van der Waals surface area (Å²) in [7, 11) is 0. The summed E-state index contributed by atoms with van der Waals surface area (Å²) in [6.45, 7) is 1.38. The molecular weight excluding hydrogens is 248 g/mol. The van der Waals surface area contributed by atoms with E-state index in [-0.39, 0.29) is 11.3 Å². The first-order valence-corrected chi connectivity index (χ1v) is 6.81. The number of hydrogen-bond acceptors (Lipinski definition) is 2. The van der Waals surface area contributed by atoms with Crippen LogP contribution in [0, 0.1) is 0 Å². The Morgan fingerprint density at radius 3 is 2.78 bits per heavy atom. The maximum atomic E-state index is 12.2. The highest BCUT2D eigenvalue weighted by molar-refractivity contribution is 6.30. The molecule has 1 aromatic carbocycles. The van der Waals surface area contributed by atoms with Crippen molar-refractivity contribution in [1.82, 2.24) is 5.32 Å². The molecule has 1 amide bonds. The molecule has 0 spiro atoms. The molecule has 98 valence electrons. The fourth-order valence-electron chi connectivity index (χ4n) is 2.20. The van der Waals surface area contributed by atoms with Gasteiger partial charge in [-0.3, -0.25) is 4.79 Å². The first-order chi connectivity index (χ1) is 8.69. The van der Waals surface area contributed by atoms with Crippen molar-refractivity contribution in [2.75, 3.05) is 13.1 Å². The van der Waals surface area contributed by atoms with E-state index in [0.29, 0.717) is 18.1 Å². The van der Waals surface area contributed by atoms with Crippen LogP contribution in [-0.2, 0) is 10.2 Å². The Balaban J connectivity index is 1.97. The summed E-state index contributed by atoms with van der Waals surface area (Å²) in [5.74, 6) is 0.127. The molecule has 1 saturated carbocycles. The van der Waals surface area contributed by atoms with Crippen LogP contribution in [-0.4, -0.2) is 19.0 Å². The molecule has 1 aliphatic rings. The van der Waals surface area contributed by atoms with E-state index in [1.165, 1.54) is 0 Å². The van der Waals surface area contributed by atoms with Gasteiger partial charge in [0.15, 0.2) is 0 Å². The van der Waals surface area contributed by atoms with Gasteiger partial charge in [-0.1, -0.05) is 23.7 Å². The molecule has 0 unspecified atom stereocenters. The summed E-state index contributed by atoms with van der Waals surface area (Å²) in [4.78, 5) is 12.2. The molecule has 0 saturated heterocycles. The zero-order valence-electron chi connectivity index (χ0n) is 10.4. The number of amides is 1. The quantitative estimate of drug-likeness (QED) is 0.776. The fourth-order valence-corrected chi connectivity index (χ4v) is 2.39. The topological polar surface area (TPSA) is 55.1 Å². The van der Waals surface area contributed by atoms with Gasteiger partial charge in [-0.2, -0.15) is 0 Å².